The maximum Gasteiger partial charge on any atom is 0.387 e. The minimum atomic E-state index is -2.86. The van der Waals surface area contributed by atoms with Crippen molar-refractivity contribution in [3.8, 4) is 17.0 Å². The van der Waals surface area contributed by atoms with Crippen LogP contribution in [0.2, 0.25) is 0 Å². The summed E-state index contributed by atoms with van der Waals surface area (Å²) in [6.07, 6.45) is 0. The quantitative estimate of drug-likeness (QED) is 0.601. The minimum absolute atomic E-state index is 0.0845. The average molecular weight is 403 g/mol. The monoisotopic (exact) mass is 403 g/mol. The Balaban J connectivity index is 1.56. The molecule has 5 nitrogen and oxygen atoms in total. The lowest BCUT2D eigenvalue weighted by Gasteiger charge is -2.18. The lowest BCUT2D eigenvalue weighted by Crippen LogP contribution is -2.30. The van der Waals surface area contributed by atoms with E-state index in [2.05, 4.69) is 15.0 Å². The van der Waals surface area contributed by atoms with Crippen LogP contribution in [0.15, 0.2) is 53.9 Å². The molecule has 3 rings (SSSR count). The first kappa shape index (κ1) is 19.8. The molecule has 0 aliphatic rings. The third-order valence-electron chi connectivity index (χ3n) is 3.97. The van der Waals surface area contributed by atoms with Gasteiger partial charge in [-0.3, -0.25) is 0 Å². The number of anilines is 1. The second-order valence-corrected chi connectivity index (χ2v) is 7.20. The summed E-state index contributed by atoms with van der Waals surface area (Å²) >= 11 is 1.59. The molecule has 0 saturated carbocycles. The van der Waals surface area contributed by atoms with E-state index in [4.69, 9.17) is 0 Å². The summed E-state index contributed by atoms with van der Waals surface area (Å²) in [7, 11) is 1.66. The molecule has 2 aromatic carbocycles. The van der Waals surface area contributed by atoms with Crippen LogP contribution in [0.25, 0.3) is 11.3 Å². The van der Waals surface area contributed by atoms with E-state index in [1.54, 1.807) is 30.5 Å². The van der Waals surface area contributed by atoms with Gasteiger partial charge in [-0.15, -0.1) is 11.3 Å². The number of nitrogens with zero attached hydrogens (tertiary/aromatic N) is 2. The van der Waals surface area contributed by atoms with Crippen LogP contribution < -0.4 is 10.1 Å². The van der Waals surface area contributed by atoms with E-state index in [1.807, 2.05) is 36.6 Å². The molecule has 0 fully saturated rings. The van der Waals surface area contributed by atoms with Crippen molar-refractivity contribution in [2.45, 2.75) is 20.1 Å². The summed E-state index contributed by atoms with van der Waals surface area (Å²) in [6.45, 7) is -0.570. The Morgan fingerprint density at radius 3 is 2.43 bits per heavy atom. The Kier molecular flexibility index (Phi) is 6.20. The highest BCUT2D eigenvalue weighted by Gasteiger charge is 2.11. The van der Waals surface area contributed by atoms with E-state index in [0.29, 0.717) is 12.2 Å². The second-order valence-electron chi connectivity index (χ2n) is 6.14. The van der Waals surface area contributed by atoms with Crippen LogP contribution in [0.4, 0.5) is 19.3 Å². The zero-order valence-electron chi connectivity index (χ0n) is 15.4. The van der Waals surface area contributed by atoms with Crippen molar-refractivity contribution in [2.24, 2.45) is 0 Å². The lowest BCUT2D eigenvalue weighted by atomic mass is 10.1. The molecule has 0 aliphatic carbocycles. The molecule has 0 radical (unpaired) electrons. The van der Waals surface area contributed by atoms with Gasteiger partial charge in [0.25, 0.3) is 0 Å². The van der Waals surface area contributed by atoms with Crippen molar-refractivity contribution >= 4 is 23.1 Å². The number of carbonyl (C=O) groups excluding carboxylic acids is 1. The third-order valence-corrected chi connectivity index (χ3v) is 4.74. The highest BCUT2D eigenvalue weighted by Crippen LogP contribution is 2.23. The Bertz CT molecular complexity index is 927. The van der Waals surface area contributed by atoms with Gasteiger partial charge in [0.1, 0.15) is 5.75 Å². The Hall–Kier alpha value is -3.00. The van der Waals surface area contributed by atoms with E-state index in [9.17, 15) is 13.6 Å². The standard InChI is InChI=1S/C20H19F2N3O2S/c1-13-23-18(12-28-13)15-5-7-16(8-6-15)24-20(26)25(2)11-14-3-9-17(10-4-14)27-19(21)22/h3-10,12,19H,11H2,1-2H3,(H,24,26). The zero-order chi connectivity index (χ0) is 20.1. The predicted molar refractivity (Wildman–Crippen MR) is 106 cm³/mol. The highest BCUT2D eigenvalue weighted by atomic mass is 32.1. The molecule has 8 heteroatoms. The van der Waals surface area contributed by atoms with Crippen molar-refractivity contribution in [3.63, 3.8) is 0 Å². The minimum Gasteiger partial charge on any atom is -0.435 e. The molecule has 0 aliphatic heterocycles. The normalized spacial score (nSPS) is 10.8. The number of amides is 2. The van der Waals surface area contributed by atoms with Gasteiger partial charge in [0, 0.05) is 30.2 Å². The Labute approximate surface area is 165 Å². The van der Waals surface area contributed by atoms with Gasteiger partial charge < -0.3 is 15.0 Å². The summed E-state index contributed by atoms with van der Waals surface area (Å²) in [6, 6.07) is 13.4. The summed E-state index contributed by atoms with van der Waals surface area (Å²) in [5, 5.41) is 5.83. The number of aryl methyl sites for hydroxylation is 1. The molecule has 0 atom stereocenters. The predicted octanol–water partition coefficient (Wildman–Crippen LogP) is 5.38. The highest BCUT2D eigenvalue weighted by molar-refractivity contribution is 7.09. The molecule has 2 amide bonds. The number of hydrogen-bond acceptors (Lipinski definition) is 4. The molecule has 0 spiro atoms. The van der Waals surface area contributed by atoms with Gasteiger partial charge in [0.2, 0.25) is 0 Å². The number of thiazole rings is 1. The molecule has 1 N–H and O–H groups in total. The van der Waals surface area contributed by atoms with Crippen LogP contribution in [-0.4, -0.2) is 29.6 Å². The smallest absolute Gasteiger partial charge is 0.387 e. The van der Waals surface area contributed by atoms with Crippen molar-refractivity contribution in [3.05, 3.63) is 64.5 Å². The van der Waals surface area contributed by atoms with Gasteiger partial charge in [-0.25, -0.2) is 9.78 Å². The number of alkyl halides is 2. The number of ether oxygens (including phenoxy) is 1. The average Bonchev–Trinajstić information content (AvgIpc) is 3.10. The Morgan fingerprint density at radius 1 is 1.18 bits per heavy atom. The van der Waals surface area contributed by atoms with Crippen molar-refractivity contribution in [1.29, 1.82) is 0 Å². The number of carbonyl (C=O) groups is 1. The summed E-state index contributed by atoms with van der Waals surface area (Å²) in [5.74, 6) is 0.0845. The van der Waals surface area contributed by atoms with E-state index >= 15 is 0 Å². The number of hydrogen-bond donors (Lipinski definition) is 1. The second kappa shape index (κ2) is 8.79. The summed E-state index contributed by atoms with van der Waals surface area (Å²) < 4.78 is 28.7. The maximum atomic E-state index is 12.4. The largest absolute Gasteiger partial charge is 0.435 e. The fraction of sp³-hybridized carbons (Fsp3) is 0.200. The van der Waals surface area contributed by atoms with Gasteiger partial charge in [-0.2, -0.15) is 8.78 Å². The molecular weight excluding hydrogens is 384 g/mol. The van der Waals surface area contributed by atoms with Crippen LogP contribution in [-0.2, 0) is 6.54 Å². The number of rotatable bonds is 6. The molecule has 1 heterocycles. The SMILES string of the molecule is Cc1nc(-c2ccc(NC(=O)N(C)Cc3ccc(OC(F)F)cc3)cc2)cs1. The van der Waals surface area contributed by atoms with E-state index < -0.39 is 6.61 Å². The van der Waals surface area contributed by atoms with Crippen molar-refractivity contribution < 1.29 is 18.3 Å². The molecule has 146 valence electrons. The first-order valence-electron chi connectivity index (χ1n) is 8.49. The first-order valence-corrected chi connectivity index (χ1v) is 9.37. The number of aromatic nitrogens is 1. The van der Waals surface area contributed by atoms with Crippen LogP contribution in [0.1, 0.15) is 10.6 Å². The zero-order valence-corrected chi connectivity index (χ0v) is 16.2. The van der Waals surface area contributed by atoms with Crippen molar-refractivity contribution in [1.82, 2.24) is 9.88 Å². The molecular formula is C20H19F2N3O2S. The van der Waals surface area contributed by atoms with E-state index in [-0.39, 0.29) is 11.8 Å². The molecule has 1 aromatic heterocycles. The molecule has 0 bridgehead atoms. The van der Waals surface area contributed by atoms with Crippen LogP contribution >= 0.6 is 11.3 Å². The summed E-state index contributed by atoms with van der Waals surface area (Å²) in [5.41, 5.74) is 3.38. The molecule has 0 saturated heterocycles. The van der Waals surface area contributed by atoms with Crippen LogP contribution in [0.3, 0.4) is 0 Å². The topological polar surface area (TPSA) is 54.5 Å². The van der Waals surface area contributed by atoms with Gasteiger partial charge in [-0.05, 0) is 36.8 Å². The van der Waals surface area contributed by atoms with Crippen LogP contribution in [0.5, 0.6) is 5.75 Å². The number of urea groups is 1. The maximum absolute atomic E-state index is 12.4. The molecule has 28 heavy (non-hydrogen) atoms. The van der Waals surface area contributed by atoms with Gasteiger partial charge in [0.05, 0.1) is 10.7 Å². The van der Waals surface area contributed by atoms with Gasteiger partial charge >= 0.3 is 12.6 Å². The third kappa shape index (κ3) is 5.26. The first-order chi connectivity index (χ1) is 13.4. The fourth-order valence-electron chi connectivity index (χ4n) is 2.56. The number of benzene rings is 2. The van der Waals surface area contributed by atoms with Gasteiger partial charge in [0.15, 0.2) is 0 Å². The summed E-state index contributed by atoms with van der Waals surface area (Å²) in [4.78, 5) is 18.3. The lowest BCUT2D eigenvalue weighted by molar-refractivity contribution is -0.0498. The van der Waals surface area contributed by atoms with Crippen molar-refractivity contribution in [2.75, 3.05) is 12.4 Å². The van der Waals surface area contributed by atoms with Gasteiger partial charge in [-0.1, -0.05) is 24.3 Å². The van der Waals surface area contributed by atoms with Crippen LogP contribution in [0, 0.1) is 6.92 Å². The molecule has 0 unspecified atom stereocenters. The number of nitrogens with one attached hydrogen (secondary N) is 1. The van der Waals surface area contributed by atoms with E-state index in [1.165, 1.54) is 17.0 Å². The number of halogens is 2. The van der Waals surface area contributed by atoms with E-state index in [0.717, 1.165) is 21.8 Å². The molecule has 3 aromatic rings. The Morgan fingerprint density at radius 2 is 1.86 bits per heavy atom. The fourth-order valence-corrected chi connectivity index (χ4v) is 3.18.